The molecule has 1 heterocycles. The number of pyridine rings is 1. The lowest BCUT2D eigenvalue weighted by Crippen LogP contribution is -1.90. The monoisotopic (exact) mass is 203 g/mol. The molecular formula is C8H10ClNOS. The molecule has 0 unspecified atom stereocenters. The Morgan fingerprint density at radius 1 is 1.67 bits per heavy atom. The lowest BCUT2D eigenvalue weighted by molar-refractivity contribution is 0.218. The first-order valence-electron chi connectivity index (χ1n) is 3.56. The Bertz CT molecular complexity index is 244. The van der Waals surface area contributed by atoms with E-state index in [0.717, 1.165) is 17.3 Å². The second-order valence-corrected chi connectivity index (χ2v) is 3.71. The number of nitrogens with zero attached hydrogens (tertiary/aromatic N) is 1. The summed E-state index contributed by atoms with van der Waals surface area (Å²) in [4.78, 5) is 5.02. The quantitative estimate of drug-likeness (QED) is 0.427. The Hall–Kier alpha value is -0.250. The van der Waals surface area contributed by atoms with Crippen molar-refractivity contribution in [3.05, 3.63) is 23.5 Å². The van der Waals surface area contributed by atoms with Gasteiger partial charge in [0.15, 0.2) is 0 Å². The molecule has 0 saturated heterocycles. The van der Waals surface area contributed by atoms with Crippen LogP contribution in [0.2, 0.25) is 5.15 Å². The van der Waals surface area contributed by atoms with E-state index in [1.165, 1.54) is 0 Å². The topological polar surface area (TPSA) is 22.1 Å². The molecule has 0 aliphatic heterocycles. The fraction of sp³-hybridized carbons (Fsp3) is 0.375. The molecule has 0 bridgehead atoms. The van der Waals surface area contributed by atoms with Crippen LogP contribution in [0.5, 0.6) is 0 Å². The van der Waals surface area contributed by atoms with Gasteiger partial charge >= 0.3 is 0 Å². The number of rotatable bonds is 4. The van der Waals surface area contributed by atoms with Gasteiger partial charge in [-0.25, -0.2) is 4.98 Å². The minimum Gasteiger partial charge on any atom is -0.384 e. The molecule has 1 aromatic rings. The van der Waals surface area contributed by atoms with Crippen LogP contribution >= 0.6 is 23.4 Å². The number of ether oxygens (including phenoxy) is 1. The van der Waals surface area contributed by atoms with Gasteiger partial charge in [0.2, 0.25) is 0 Å². The maximum Gasteiger partial charge on any atom is 0.130 e. The number of halogens is 1. The van der Waals surface area contributed by atoms with Crippen LogP contribution < -0.4 is 0 Å². The van der Waals surface area contributed by atoms with E-state index < -0.39 is 0 Å². The lowest BCUT2D eigenvalue weighted by atomic mass is 10.5. The average molecular weight is 204 g/mol. The van der Waals surface area contributed by atoms with Crippen molar-refractivity contribution in [2.45, 2.75) is 4.90 Å². The van der Waals surface area contributed by atoms with Crippen LogP contribution in [0.1, 0.15) is 0 Å². The van der Waals surface area contributed by atoms with Crippen molar-refractivity contribution in [2.24, 2.45) is 0 Å². The summed E-state index contributed by atoms with van der Waals surface area (Å²) in [7, 11) is 1.69. The van der Waals surface area contributed by atoms with Gasteiger partial charge in [-0.1, -0.05) is 11.6 Å². The van der Waals surface area contributed by atoms with Crippen molar-refractivity contribution in [3.63, 3.8) is 0 Å². The van der Waals surface area contributed by atoms with Gasteiger partial charge in [0.25, 0.3) is 0 Å². The third-order valence-electron chi connectivity index (χ3n) is 1.25. The molecule has 12 heavy (non-hydrogen) atoms. The van der Waals surface area contributed by atoms with Gasteiger partial charge in [-0.05, 0) is 12.1 Å². The lowest BCUT2D eigenvalue weighted by Gasteiger charge is -1.99. The van der Waals surface area contributed by atoms with Gasteiger partial charge in [-0.15, -0.1) is 11.8 Å². The van der Waals surface area contributed by atoms with E-state index in [1.807, 2.05) is 12.1 Å². The molecular weight excluding hydrogens is 194 g/mol. The third kappa shape index (κ3) is 3.43. The predicted molar refractivity (Wildman–Crippen MR) is 51.8 cm³/mol. The summed E-state index contributed by atoms with van der Waals surface area (Å²) in [5.74, 6) is 0.941. The van der Waals surface area contributed by atoms with E-state index >= 15 is 0 Å². The maximum absolute atomic E-state index is 5.70. The maximum atomic E-state index is 5.70. The van der Waals surface area contributed by atoms with E-state index in [9.17, 15) is 0 Å². The van der Waals surface area contributed by atoms with Crippen molar-refractivity contribution < 1.29 is 4.74 Å². The van der Waals surface area contributed by atoms with E-state index in [-0.39, 0.29) is 0 Å². The Kier molecular flexibility index (Phi) is 4.43. The van der Waals surface area contributed by atoms with Crippen LogP contribution in [0, 0.1) is 0 Å². The fourth-order valence-corrected chi connectivity index (χ4v) is 1.79. The molecule has 4 heteroatoms. The Morgan fingerprint density at radius 2 is 2.50 bits per heavy atom. The molecule has 0 atom stereocenters. The zero-order chi connectivity index (χ0) is 8.81. The van der Waals surface area contributed by atoms with Gasteiger partial charge in [0.05, 0.1) is 6.61 Å². The smallest absolute Gasteiger partial charge is 0.130 e. The van der Waals surface area contributed by atoms with Crippen LogP contribution in [0.3, 0.4) is 0 Å². The molecule has 0 aromatic carbocycles. The predicted octanol–water partition coefficient (Wildman–Crippen LogP) is 2.47. The third-order valence-corrected chi connectivity index (χ3v) is 2.42. The fourth-order valence-electron chi connectivity index (χ4n) is 0.717. The number of methoxy groups -OCH3 is 1. The van der Waals surface area contributed by atoms with E-state index in [1.54, 1.807) is 25.1 Å². The standard InChI is InChI=1S/C8H10ClNOS/c1-11-4-5-12-7-2-3-10-8(9)6-7/h2-3,6H,4-5H2,1H3. The summed E-state index contributed by atoms with van der Waals surface area (Å²) in [5.41, 5.74) is 0. The summed E-state index contributed by atoms with van der Waals surface area (Å²) in [6, 6.07) is 3.79. The summed E-state index contributed by atoms with van der Waals surface area (Å²) in [6.07, 6.45) is 1.71. The van der Waals surface area contributed by atoms with Crippen LogP contribution in [0.15, 0.2) is 23.2 Å². The second kappa shape index (κ2) is 5.41. The minimum atomic E-state index is 0.539. The normalized spacial score (nSPS) is 10.2. The van der Waals surface area contributed by atoms with Crippen molar-refractivity contribution >= 4 is 23.4 Å². The molecule has 1 aromatic heterocycles. The average Bonchev–Trinajstić information content (AvgIpc) is 2.05. The van der Waals surface area contributed by atoms with Crippen molar-refractivity contribution in [2.75, 3.05) is 19.5 Å². The zero-order valence-electron chi connectivity index (χ0n) is 6.79. The van der Waals surface area contributed by atoms with E-state index in [0.29, 0.717) is 5.15 Å². The van der Waals surface area contributed by atoms with E-state index in [2.05, 4.69) is 4.98 Å². The highest BCUT2D eigenvalue weighted by atomic mass is 35.5. The highest BCUT2D eigenvalue weighted by Crippen LogP contribution is 2.19. The summed E-state index contributed by atoms with van der Waals surface area (Å²) < 4.78 is 4.92. The van der Waals surface area contributed by atoms with Gasteiger partial charge in [0, 0.05) is 24.0 Å². The molecule has 2 nitrogen and oxygen atoms in total. The largest absolute Gasteiger partial charge is 0.384 e. The first-order chi connectivity index (χ1) is 5.83. The molecule has 0 radical (unpaired) electrons. The molecule has 0 spiro atoms. The minimum absolute atomic E-state index is 0.539. The van der Waals surface area contributed by atoms with Crippen molar-refractivity contribution in [1.82, 2.24) is 4.98 Å². The van der Waals surface area contributed by atoms with Gasteiger partial charge < -0.3 is 4.74 Å². The molecule has 0 amide bonds. The highest BCUT2D eigenvalue weighted by molar-refractivity contribution is 7.99. The van der Waals surface area contributed by atoms with E-state index in [4.69, 9.17) is 16.3 Å². The van der Waals surface area contributed by atoms with Crippen LogP contribution in [0.25, 0.3) is 0 Å². The Labute approximate surface area is 81.3 Å². The zero-order valence-corrected chi connectivity index (χ0v) is 8.36. The summed E-state index contributed by atoms with van der Waals surface area (Å²) >= 11 is 7.41. The first kappa shape index (κ1) is 9.84. The molecule has 0 aliphatic carbocycles. The second-order valence-electron chi connectivity index (χ2n) is 2.16. The number of hydrogen-bond acceptors (Lipinski definition) is 3. The Morgan fingerprint density at radius 3 is 3.17 bits per heavy atom. The highest BCUT2D eigenvalue weighted by Gasteiger charge is 1.94. The van der Waals surface area contributed by atoms with Crippen LogP contribution in [-0.2, 0) is 4.74 Å². The molecule has 0 saturated carbocycles. The first-order valence-corrected chi connectivity index (χ1v) is 4.92. The number of thioether (sulfide) groups is 1. The molecule has 0 fully saturated rings. The molecule has 66 valence electrons. The van der Waals surface area contributed by atoms with Crippen LogP contribution in [0.4, 0.5) is 0 Å². The summed E-state index contributed by atoms with van der Waals surface area (Å²) in [6.45, 7) is 0.755. The van der Waals surface area contributed by atoms with Crippen molar-refractivity contribution in [1.29, 1.82) is 0 Å². The van der Waals surface area contributed by atoms with Crippen LogP contribution in [-0.4, -0.2) is 24.5 Å². The SMILES string of the molecule is COCCSc1ccnc(Cl)c1. The Balaban J connectivity index is 2.41. The molecule has 0 N–H and O–H groups in total. The van der Waals surface area contributed by atoms with Crippen molar-refractivity contribution in [3.8, 4) is 0 Å². The van der Waals surface area contributed by atoms with Gasteiger partial charge in [0.1, 0.15) is 5.15 Å². The molecule has 0 aliphatic rings. The van der Waals surface area contributed by atoms with Gasteiger partial charge in [-0.3, -0.25) is 0 Å². The van der Waals surface area contributed by atoms with Gasteiger partial charge in [-0.2, -0.15) is 0 Å². The molecule has 1 rings (SSSR count). The number of hydrogen-bond donors (Lipinski definition) is 0. The summed E-state index contributed by atoms with van der Waals surface area (Å²) in [5, 5.41) is 0.539. The number of aromatic nitrogens is 1.